The summed E-state index contributed by atoms with van der Waals surface area (Å²) in [6, 6.07) is -1.47. The molecule has 45 heavy (non-hydrogen) atoms. The number of hydrogen-bond donors (Lipinski definition) is 6. The third-order valence-electron chi connectivity index (χ3n) is 6.84. The van der Waals surface area contributed by atoms with Crippen molar-refractivity contribution in [3.63, 3.8) is 0 Å². The summed E-state index contributed by atoms with van der Waals surface area (Å²) in [7, 11) is -8.59. The number of nitrogens with zero attached hydrogens (tertiary/aromatic N) is 8. The SMILES string of the molecule is Cc1cn([C@H]2CC(N=[N+]=[N-])[C@@H](CCP(=O)(O)O)O2)c(=O)[nH]c1=O.Cc1cn([C@H]2CC(N=[N+]=[N-])[C@@H](CP(=O)(O)O)O2)c(=O)[nH]c1=O. The van der Waals surface area contributed by atoms with Crippen LogP contribution in [0.5, 0.6) is 0 Å². The topological polar surface area (TPSA) is 341 Å². The van der Waals surface area contributed by atoms with E-state index in [2.05, 4.69) is 30.0 Å². The van der Waals surface area contributed by atoms with Gasteiger partial charge in [0.1, 0.15) is 12.5 Å². The third kappa shape index (κ3) is 9.84. The van der Waals surface area contributed by atoms with Crippen LogP contribution in [-0.2, 0) is 18.6 Å². The number of aromatic amines is 2. The standard InChI is InChI=1S/C11H16N5O6P.C10H14N5O6P/c1-6-5-16(11(18)13-10(6)17)9-4-7(14-15-12)8(22-9)2-3-23(19,20)21;1-5-3-15(10(17)12-9(5)16)8-2-6(13-14-11)7(21-8)4-22(18,19)20/h5,7-9H,2-4H2,1H3,(H,13,17,18)(H2,19,20,21);3,6-8H,2,4H2,1H3,(H,12,16,17)(H2,18,19,20)/t7?,8-,9-;6?,7-,8-/m11/s1. The molecule has 2 aromatic heterocycles. The predicted molar refractivity (Wildman–Crippen MR) is 153 cm³/mol. The van der Waals surface area contributed by atoms with Crippen LogP contribution in [0.4, 0.5) is 0 Å². The van der Waals surface area contributed by atoms with Gasteiger partial charge in [-0.05, 0) is 31.3 Å². The lowest BCUT2D eigenvalue weighted by atomic mass is 10.1. The van der Waals surface area contributed by atoms with E-state index in [1.807, 2.05) is 0 Å². The van der Waals surface area contributed by atoms with E-state index in [0.717, 1.165) is 4.57 Å². The van der Waals surface area contributed by atoms with Crippen molar-refractivity contribution in [2.75, 3.05) is 12.3 Å². The Morgan fingerprint density at radius 2 is 1.24 bits per heavy atom. The van der Waals surface area contributed by atoms with E-state index in [1.165, 1.54) is 30.8 Å². The molecule has 6 N–H and O–H groups in total. The lowest BCUT2D eigenvalue weighted by molar-refractivity contribution is -0.00427. The Balaban J connectivity index is 0.000000246. The number of aryl methyl sites for hydroxylation is 2. The first-order valence-electron chi connectivity index (χ1n) is 13.0. The van der Waals surface area contributed by atoms with Crippen LogP contribution in [0.15, 0.2) is 41.8 Å². The minimum absolute atomic E-state index is 0.0124. The zero-order valence-electron chi connectivity index (χ0n) is 23.7. The Morgan fingerprint density at radius 1 is 0.822 bits per heavy atom. The molecule has 0 saturated carbocycles. The van der Waals surface area contributed by atoms with Gasteiger partial charge in [0.05, 0.1) is 36.6 Å². The van der Waals surface area contributed by atoms with Crippen LogP contribution in [-0.4, -0.2) is 75.3 Å². The molecule has 2 unspecified atom stereocenters. The van der Waals surface area contributed by atoms with Gasteiger partial charge in [-0.1, -0.05) is 10.2 Å². The fourth-order valence-electron chi connectivity index (χ4n) is 4.70. The number of H-pyrrole nitrogens is 2. The normalized spacial score (nSPS) is 24.7. The molecule has 246 valence electrons. The second-order valence-corrected chi connectivity index (χ2v) is 13.7. The Kier molecular flexibility index (Phi) is 11.5. The smallest absolute Gasteiger partial charge is 0.330 e. The van der Waals surface area contributed by atoms with Gasteiger partial charge >= 0.3 is 26.6 Å². The second-order valence-electron chi connectivity index (χ2n) is 10.3. The monoisotopic (exact) mass is 676 g/mol. The molecule has 2 fully saturated rings. The molecule has 2 aliphatic rings. The molecule has 2 aliphatic heterocycles. The van der Waals surface area contributed by atoms with Gasteiger partial charge in [0.15, 0.2) is 0 Å². The quantitative estimate of drug-likeness (QED) is 0.0908. The van der Waals surface area contributed by atoms with E-state index in [9.17, 15) is 28.3 Å². The van der Waals surface area contributed by atoms with Crippen molar-refractivity contribution in [1.29, 1.82) is 0 Å². The van der Waals surface area contributed by atoms with Crippen molar-refractivity contribution in [3.05, 3.63) is 86.1 Å². The van der Waals surface area contributed by atoms with Gasteiger partial charge in [-0.3, -0.25) is 37.8 Å². The predicted octanol–water partition coefficient (Wildman–Crippen LogP) is 0.368. The molecule has 0 aromatic carbocycles. The third-order valence-corrected chi connectivity index (χ3v) is 8.52. The van der Waals surface area contributed by atoms with E-state index in [1.54, 1.807) is 0 Å². The molecule has 0 radical (unpaired) electrons. The maximum atomic E-state index is 11.9. The molecule has 2 saturated heterocycles. The summed E-state index contributed by atoms with van der Waals surface area (Å²) in [5.41, 5.74) is 15.3. The second kappa shape index (κ2) is 14.5. The van der Waals surface area contributed by atoms with Gasteiger partial charge in [-0.2, -0.15) is 0 Å². The zero-order valence-corrected chi connectivity index (χ0v) is 25.5. The first-order chi connectivity index (χ1) is 20.9. The molecule has 22 nitrogen and oxygen atoms in total. The van der Waals surface area contributed by atoms with Crippen LogP contribution in [0.2, 0.25) is 0 Å². The zero-order chi connectivity index (χ0) is 33.7. The fourth-order valence-corrected chi connectivity index (χ4v) is 6.09. The van der Waals surface area contributed by atoms with E-state index >= 15 is 0 Å². The fraction of sp³-hybridized carbons (Fsp3) is 0.619. The van der Waals surface area contributed by atoms with Crippen LogP contribution in [0.1, 0.15) is 42.8 Å². The van der Waals surface area contributed by atoms with Crippen molar-refractivity contribution in [2.45, 2.75) is 69.9 Å². The molecule has 24 heteroatoms. The number of rotatable bonds is 9. The van der Waals surface area contributed by atoms with E-state index in [-0.39, 0.29) is 24.8 Å². The Hall–Kier alpha value is -3.80. The summed E-state index contributed by atoms with van der Waals surface area (Å²) in [5.74, 6) is 0. The van der Waals surface area contributed by atoms with Crippen LogP contribution in [0.3, 0.4) is 0 Å². The summed E-state index contributed by atoms with van der Waals surface area (Å²) < 4.78 is 35.4. The van der Waals surface area contributed by atoms with Gasteiger partial charge in [0.25, 0.3) is 11.1 Å². The van der Waals surface area contributed by atoms with Gasteiger partial charge in [-0.25, -0.2) is 9.59 Å². The summed E-state index contributed by atoms with van der Waals surface area (Å²) >= 11 is 0. The number of azide groups is 2. The highest BCUT2D eigenvalue weighted by molar-refractivity contribution is 7.52. The number of ether oxygens (including phenoxy) is 2. The van der Waals surface area contributed by atoms with Crippen molar-refractivity contribution in [3.8, 4) is 0 Å². The average molecular weight is 676 g/mol. The molecule has 4 heterocycles. The van der Waals surface area contributed by atoms with E-state index in [4.69, 9.17) is 40.1 Å². The highest BCUT2D eigenvalue weighted by Crippen LogP contribution is 2.42. The minimum atomic E-state index is -4.38. The van der Waals surface area contributed by atoms with Crippen molar-refractivity contribution < 1.29 is 38.2 Å². The molecular weight excluding hydrogens is 646 g/mol. The Morgan fingerprint density at radius 3 is 1.64 bits per heavy atom. The Bertz CT molecular complexity index is 1830. The molecule has 0 bridgehead atoms. The van der Waals surface area contributed by atoms with Crippen LogP contribution in [0.25, 0.3) is 20.9 Å². The molecule has 6 atom stereocenters. The summed E-state index contributed by atoms with van der Waals surface area (Å²) in [6.07, 6.45) is -1.58. The maximum Gasteiger partial charge on any atom is 0.330 e. The van der Waals surface area contributed by atoms with Gasteiger partial charge < -0.3 is 29.0 Å². The largest absolute Gasteiger partial charge is 0.354 e. The molecule has 4 rings (SSSR count). The van der Waals surface area contributed by atoms with Crippen LogP contribution in [0, 0.1) is 13.8 Å². The molecular formula is C21H30N10O12P2. The van der Waals surface area contributed by atoms with Gasteiger partial charge in [0.2, 0.25) is 0 Å². The number of aromatic nitrogens is 4. The first-order valence-corrected chi connectivity index (χ1v) is 16.6. The molecule has 0 spiro atoms. The lowest BCUT2D eigenvalue weighted by Crippen LogP contribution is -2.33. The maximum absolute atomic E-state index is 11.9. The van der Waals surface area contributed by atoms with Crippen molar-refractivity contribution >= 4 is 15.2 Å². The van der Waals surface area contributed by atoms with Gasteiger partial charge in [-0.15, -0.1) is 0 Å². The highest BCUT2D eigenvalue weighted by Gasteiger charge is 2.40. The van der Waals surface area contributed by atoms with E-state index < -0.39 is 86.8 Å². The number of nitrogens with one attached hydrogen (secondary N) is 2. The van der Waals surface area contributed by atoms with E-state index in [0.29, 0.717) is 5.56 Å². The minimum Gasteiger partial charge on any atom is -0.354 e. The summed E-state index contributed by atoms with van der Waals surface area (Å²) in [5, 5.41) is 7.03. The van der Waals surface area contributed by atoms with Crippen molar-refractivity contribution in [1.82, 2.24) is 19.1 Å². The Labute approximate surface area is 251 Å². The van der Waals surface area contributed by atoms with Crippen LogP contribution < -0.4 is 22.5 Å². The number of hydrogen-bond acceptors (Lipinski definition) is 10. The van der Waals surface area contributed by atoms with Crippen LogP contribution >= 0.6 is 15.2 Å². The lowest BCUT2D eigenvalue weighted by Gasteiger charge is -2.17. The first kappa shape index (κ1) is 35.7. The average Bonchev–Trinajstić information content (AvgIpc) is 3.50. The van der Waals surface area contributed by atoms with Gasteiger partial charge in [0, 0.05) is 46.2 Å². The van der Waals surface area contributed by atoms with Crippen molar-refractivity contribution in [2.24, 2.45) is 10.2 Å². The molecule has 0 amide bonds. The summed E-state index contributed by atoms with van der Waals surface area (Å²) in [6.45, 7) is 3.03. The highest BCUT2D eigenvalue weighted by atomic mass is 31.2. The molecule has 0 aliphatic carbocycles. The summed E-state index contributed by atoms with van der Waals surface area (Å²) in [4.78, 5) is 92.0. The molecule has 2 aromatic rings.